The quantitative estimate of drug-likeness (QED) is 0.610. The number of nitrogens with zero attached hydrogens (tertiary/aromatic N) is 3. The van der Waals surface area contributed by atoms with Gasteiger partial charge in [0.05, 0.1) is 29.9 Å². The second-order valence-electron chi connectivity index (χ2n) is 6.29. The number of para-hydroxylation sites is 1. The van der Waals surface area contributed by atoms with Crippen LogP contribution in [0.25, 0.3) is 33.2 Å². The number of aromatic amines is 1. The summed E-state index contributed by atoms with van der Waals surface area (Å²) in [6.07, 6.45) is 0. The molecule has 0 bridgehead atoms. The topological polar surface area (TPSA) is 54.0 Å². The maximum atomic E-state index is 5.44. The predicted molar refractivity (Wildman–Crippen MR) is 99.9 cm³/mol. The molecule has 0 aliphatic carbocycles. The lowest BCUT2D eigenvalue weighted by atomic mass is 10.1. The molecule has 0 atom stereocenters. The Kier molecular flexibility index (Phi) is 3.38. The van der Waals surface area contributed by atoms with Crippen molar-refractivity contribution in [2.75, 3.05) is 31.2 Å². The van der Waals surface area contributed by atoms with Crippen LogP contribution in [0.1, 0.15) is 0 Å². The van der Waals surface area contributed by atoms with Crippen molar-refractivity contribution in [3.63, 3.8) is 0 Å². The van der Waals surface area contributed by atoms with Crippen LogP contribution in [0.2, 0.25) is 0 Å². The van der Waals surface area contributed by atoms with Crippen LogP contribution < -0.4 is 4.90 Å². The zero-order valence-electron chi connectivity index (χ0n) is 13.8. The van der Waals surface area contributed by atoms with Crippen molar-refractivity contribution < 1.29 is 4.74 Å². The average Bonchev–Trinajstić information content (AvgIpc) is 3.11. The Morgan fingerprint density at radius 2 is 1.84 bits per heavy atom. The molecule has 1 saturated heterocycles. The van der Waals surface area contributed by atoms with Gasteiger partial charge in [-0.3, -0.25) is 5.10 Å². The van der Waals surface area contributed by atoms with E-state index in [0.717, 1.165) is 59.5 Å². The molecular weight excluding hydrogens is 312 g/mol. The van der Waals surface area contributed by atoms with Gasteiger partial charge in [-0.1, -0.05) is 24.3 Å². The number of H-pyrrole nitrogens is 1. The molecule has 0 radical (unpaired) electrons. The lowest BCUT2D eigenvalue weighted by molar-refractivity contribution is 0.122. The van der Waals surface area contributed by atoms with Crippen LogP contribution in [-0.4, -0.2) is 41.5 Å². The first-order valence-electron chi connectivity index (χ1n) is 8.55. The van der Waals surface area contributed by atoms with Gasteiger partial charge in [0.15, 0.2) is 0 Å². The molecule has 5 heteroatoms. The summed E-state index contributed by atoms with van der Waals surface area (Å²) in [4.78, 5) is 7.12. The third kappa shape index (κ3) is 2.53. The van der Waals surface area contributed by atoms with Crippen LogP contribution in [-0.2, 0) is 4.74 Å². The standard InChI is InChI=1S/C20H18N4O/c1-2-4-17-14(3-1)5-8-18(21-17)20-16-7-6-15(13-19(16)22-23-20)24-9-11-25-12-10-24/h1-8,13H,9-12H2,(H,22,23). The van der Waals surface area contributed by atoms with E-state index >= 15 is 0 Å². The Morgan fingerprint density at radius 1 is 0.960 bits per heavy atom. The van der Waals surface area contributed by atoms with Gasteiger partial charge in [0.1, 0.15) is 5.69 Å². The average molecular weight is 330 g/mol. The first-order chi connectivity index (χ1) is 12.4. The molecule has 1 fully saturated rings. The summed E-state index contributed by atoms with van der Waals surface area (Å²) in [5.41, 5.74) is 5.02. The number of rotatable bonds is 2. The molecule has 5 nitrogen and oxygen atoms in total. The normalized spacial score (nSPS) is 15.1. The molecule has 1 N–H and O–H groups in total. The predicted octanol–water partition coefficient (Wildman–Crippen LogP) is 3.61. The molecule has 0 amide bonds. The number of aromatic nitrogens is 3. The highest BCUT2D eigenvalue weighted by molar-refractivity contribution is 5.95. The maximum absolute atomic E-state index is 5.44. The fourth-order valence-corrected chi connectivity index (χ4v) is 3.42. The van der Waals surface area contributed by atoms with Crippen molar-refractivity contribution in [2.45, 2.75) is 0 Å². The second-order valence-corrected chi connectivity index (χ2v) is 6.29. The number of benzene rings is 2. The first-order valence-corrected chi connectivity index (χ1v) is 8.55. The van der Waals surface area contributed by atoms with Crippen LogP contribution >= 0.6 is 0 Å². The van der Waals surface area contributed by atoms with E-state index in [1.165, 1.54) is 5.69 Å². The third-order valence-corrected chi connectivity index (χ3v) is 4.76. The summed E-state index contributed by atoms with van der Waals surface area (Å²) in [5.74, 6) is 0. The molecule has 25 heavy (non-hydrogen) atoms. The zero-order chi connectivity index (χ0) is 16.6. The number of nitrogens with one attached hydrogen (secondary N) is 1. The van der Waals surface area contributed by atoms with E-state index < -0.39 is 0 Å². The molecule has 4 aromatic rings. The highest BCUT2D eigenvalue weighted by atomic mass is 16.5. The van der Waals surface area contributed by atoms with Gasteiger partial charge in [-0.25, -0.2) is 4.98 Å². The maximum Gasteiger partial charge on any atom is 0.118 e. The van der Waals surface area contributed by atoms with E-state index in [4.69, 9.17) is 9.72 Å². The third-order valence-electron chi connectivity index (χ3n) is 4.76. The molecule has 1 aliphatic heterocycles. The Balaban J connectivity index is 1.57. The Hall–Kier alpha value is -2.92. The molecule has 124 valence electrons. The Labute approximate surface area is 145 Å². The summed E-state index contributed by atoms with van der Waals surface area (Å²) in [5, 5.41) is 9.93. The van der Waals surface area contributed by atoms with Crippen molar-refractivity contribution >= 4 is 27.5 Å². The van der Waals surface area contributed by atoms with Gasteiger partial charge in [-0.2, -0.15) is 5.10 Å². The first kappa shape index (κ1) is 14.4. The molecule has 2 aromatic carbocycles. The SMILES string of the molecule is c1ccc2nc(-c3n[nH]c4cc(N5CCOCC5)ccc34)ccc2c1. The molecular formula is C20H18N4O. The zero-order valence-corrected chi connectivity index (χ0v) is 13.8. The number of morpholine rings is 1. The number of fused-ring (bicyclic) bond motifs is 2. The molecule has 0 saturated carbocycles. The van der Waals surface area contributed by atoms with Crippen LogP contribution in [0, 0.1) is 0 Å². The molecule has 0 unspecified atom stereocenters. The molecule has 2 aromatic heterocycles. The van der Waals surface area contributed by atoms with Gasteiger partial charge >= 0.3 is 0 Å². The summed E-state index contributed by atoms with van der Waals surface area (Å²) in [6.45, 7) is 3.43. The lowest BCUT2D eigenvalue weighted by Crippen LogP contribution is -2.36. The number of hydrogen-bond acceptors (Lipinski definition) is 4. The van der Waals surface area contributed by atoms with E-state index in [0.29, 0.717) is 0 Å². The van der Waals surface area contributed by atoms with Crippen molar-refractivity contribution in [2.24, 2.45) is 0 Å². The fraction of sp³-hybridized carbons (Fsp3) is 0.200. The lowest BCUT2D eigenvalue weighted by Gasteiger charge is -2.28. The smallest absolute Gasteiger partial charge is 0.118 e. The minimum absolute atomic E-state index is 0.785. The highest BCUT2D eigenvalue weighted by Gasteiger charge is 2.14. The van der Waals surface area contributed by atoms with Crippen LogP contribution in [0.5, 0.6) is 0 Å². The molecule has 1 aliphatic rings. The second kappa shape index (κ2) is 5.86. The summed E-state index contributed by atoms with van der Waals surface area (Å²) in [6, 6.07) is 18.7. The molecule has 3 heterocycles. The largest absolute Gasteiger partial charge is 0.378 e. The van der Waals surface area contributed by atoms with Gasteiger partial charge in [0, 0.05) is 29.5 Å². The van der Waals surface area contributed by atoms with E-state index in [9.17, 15) is 0 Å². The monoisotopic (exact) mass is 330 g/mol. The molecule has 5 rings (SSSR count). The molecule has 0 spiro atoms. The van der Waals surface area contributed by atoms with Crippen molar-refractivity contribution in [1.82, 2.24) is 15.2 Å². The van der Waals surface area contributed by atoms with Crippen molar-refractivity contribution in [3.8, 4) is 11.4 Å². The summed E-state index contributed by atoms with van der Waals surface area (Å²) < 4.78 is 5.44. The minimum atomic E-state index is 0.785. The van der Waals surface area contributed by atoms with Gasteiger partial charge in [-0.05, 0) is 30.3 Å². The van der Waals surface area contributed by atoms with E-state index in [1.807, 2.05) is 24.3 Å². The number of hydrogen-bond donors (Lipinski definition) is 1. The van der Waals surface area contributed by atoms with E-state index in [2.05, 4.69) is 45.4 Å². The van der Waals surface area contributed by atoms with Crippen LogP contribution in [0.15, 0.2) is 54.6 Å². The van der Waals surface area contributed by atoms with E-state index in [1.54, 1.807) is 0 Å². The van der Waals surface area contributed by atoms with Gasteiger partial charge in [0.25, 0.3) is 0 Å². The summed E-state index contributed by atoms with van der Waals surface area (Å²) >= 11 is 0. The van der Waals surface area contributed by atoms with Crippen LogP contribution in [0.3, 0.4) is 0 Å². The van der Waals surface area contributed by atoms with Crippen molar-refractivity contribution in [3.05, 3.63) is 54.6 Å². The summed E-state index contributed by atoms with van der Waals surface area (Å²) in [7, 11) is 0. The number of ether oxygens (including phenoxy) is 1. The highest BCUT2D eigenvalue weighted by Crippen LogP contribution is 2.29. The van der Waals surface area contributed by atoms with Gasteiger partial charge < -0.3 is 9.64 Å². The van der Waals surface area contributed by atoms with Crippen LogP contribution in [0.4, 0.5) is 5.69 Å². The van der Waals surface area contributed by atoms with Gasteiger partial charge in [-0.15, -0.1) is 0 Å². The minimum Gasteiger partial charge on any atom is -0.378 e. The Morgan fingerprint density at radius 3 is 2.76 bits per heavy atom. The van der Waals surface area contributed by atoms with E-state index in [-0.39, 0.29) is 0 Å². The van der Waals surface area contributed by atoms with Gasteiger partial charge in [0.2, 0.25) is 0 Å². The Bertz CT molecular complexity index is 1050. The number of anilines is 1. The fourth-order valence-electron chi connectivity index (χ4n) is 3.42. The van der Waals surface area contributed by atoms with Crippen molar-refractivity contribution in [1.29, 1.82) is 0 Å². The number of pyridine rings is 1.